The Hall–Kier alpha value is -3.02. The van der Waals surface area contributed by atoms with Crippen molar-refractivity contribution in [2.24, 2.45) is 0 Å². The van der Waals surface area contributed by atoms with Gasteiger partial charge in [0.1, 0.15) is 11.8 Å². The number of amides is 2. The van der Waals surface area contributed by atoms with Crippen molar-refractivity contribution in [3.63, 3.8) is 0 Å². The molecule has 0 radical (unpaired) electrons. The van der Waals surface area contributed by atoms with Crippen LogP contribution in [0.3, 0.4) is 0 Å². The summed E-state index contributed by atoms with van der Waals surface area (Å²) in [7, 11) is 0. The van der Waals surface area contributed by atoms with Crippen molar-refractivity contribution in [3.8, 4) is 5.75 Å². The molecule has 1 fully saturated rings. The number of rotatable bonds is 4. The molecule has 1 saturated heterocycles. The van der Waals surface area contributed by atoms with Gasteiger partial charge in [0.2, 0.25) is 5.91 Å². The van der Waals surface area contributed by atoms with E-state index in [-0.39, 0.29) is 11.8 Å². The van der Waals surface area contributed by atoms with Crippen molar-refractivity contribution in [1.82, 2.24) is 4.90 Å². The number of piperidine rings is 1. The molecule has 2 atom stereocenters. The molecule has 0 bridgehead atoms. The van der Waals surface area contributed by atoms with Gasteiger partial charge in [0.05, 0.1) is 5.69 Å². The van der Waals surface area contributed by atoms with Crippen molar-refractivity contribution in [1.29, 1.82) is 0 Å². The summed E-state index contributed by atoms with van der Waals surface area (Å²) < 4.78 is 5.62. The van der Waals surface area contributed by atoms with Gasteiger partial charge in [0, 0.05) is 18.8 Å². The monoisotopic (exact) mass is 379 g/mol. The minimum atomic E-state index is -0.510. The first-order chi connectivity index (χ1) is 13.6. The van der Waals surface area contributed by atoms with Gasteiger partial charge in [0.15, 0.2) is 6.10 Å². The SMILES string of the molecule is CC1Oc2ccc(NC(C(=O)N3CCCCC3)c3ccccc3)cc2NC1=O. The van der Waals surface area contributed by atoms with E-state index in [2.05, 4.69) is 10.6 Å². The van der Waals surface area contributed by atoms with Crippen LogP contribution in [0.1, 0.15) is 37.8 Å². The number of carbonyl (C=O) groups excluding carboxylic acids is 2. The lowest BCUT2D eigenvalue weighted by atomic mass is 10.0. The lowest BCUT2D eigenvalue weighted by molar-refractivity contribution is -0.133. The fourth-order valence-corrected chi connectivity index (χ4v) is 3.70. The minimum absolute atomic E-state index is 0.0810. The molecule has 2 aliphatic rings. The lowest BCUT2D eigenvalue weighted by Crippen LogP contribution is -2.41. The number of likely N-dealkylation sites (tertiary alicyclic amines) is 1. The van der Waals surface area contributed by atoms with E-state index in [0.717, 1.165) is 37.2 Å². The highest BCUT2D eigenvalue weighted by Gasteiger charge is 2.28. The molecular formula is C22H25N3O3. The van der Waals surface area contributed by atoms with Gasteiger partial charge in [-0.05, 0) is 49.9 Å². The summed E-state index contributed by atoms with van der Waals surface area (Å²) in [5, 5.41) is 6.23. The molecule has 0 aromatic heterocycles. The first-order valence-electron chi connectivity index (χ1n) is 9.83. The Morgan fingerprint density at radius 3 is 2.64 bits per heavy atom. The topological polar surface area (TPSA) is 70.7 Å². The number of ether oxygens (including phenoxy) is 1. The summed E-state index contributed by atoms with van der Waals surface area (Å²) in [6.45, 7) is 3.32. The maximum Gasteiger partial charge on any atom is 0.265 e. The normalized spacial score (nSPS) is 19.8. The van der Waals surface area contributed by atoms with Crippen LogP contribution in [-0.4, -0.2) is 35.9 Å². The van der Waals surface area contributed by atoms with E-state index in [9.17, 15) is 9.59 Å². The Kier molecular flexibility index (Phi) is 5.19. The highest BCUT2D eigenvalue weighted by atomic mass is 16.5. The highest BCUT2D eigenvalue weighted by molar-refractivity contribution is 5.98. The number of nitrogens with one attached hydrogen (secondary N) is 2. The van der Waals surface area contributed by atoms with E-state index in [1.165, 1.54) is 6.42 Å². The maximum atomic E-state index is 13.3. The van der Waals surface area contributed by atoms with Gasteiger partial charge in [-0.25, -0.2) is 0 Å². The summed E-state index contributed by atoms with van der Waals surface area (Å²) in [5.74, 6) is 0.544. The van der Waals surface area contributed by atoms with Gasteiger partial charge in [0.25, 0.3) is 5.91 Å². The van der Waals surface area contributed by atoms with Crippen LogP contribution in [0, 0.1) is 0 Å². The Bertz CT molecular complexity index is 863. The zero-order chi connectivity index (χ0) is 19.5. The second-order valence-corrected chi connectivity index (χ2v) is 7.33. The fraction of sp³-hybridized carbons (Fsp3) is 0.364. The molecule has 146 valence electrons. The third-order valence-electron chi connectivity index (χ3n) is 5.27. The predicted molar refractivity (Wildman–Crippen MR) is 108 cm³/mol. The van der Waals surface area contributed by atoms with Crippen LogP contribution in [0.4, 0.5) is 11.4 Å². The first kappa shape index (κ1) is 18.3. The molecule has 2 N–H and O–H groups in total. The van der Waals surface area contributed by atoms with Crippen LogP contribution in [0.5, 0.6) is 5.75 Å². The van der Waals surface area contributed by atoms with Gasteiger partial charge in [-0.2, -0.15) is 0 Å². The van der Waals surface area contributed by atoms with Gasteiger partial charge < -0.3 is 20.3 Å². The molecule has 0 saturated carbocycles. The molecule has 2 aromatic rings. The molecule has 6 nitrogen and oxygen atoms in total. The smallest absolute Gasteiger partial charge is 0.265 e. The fourth-order valence-electron chi connectivity index (χ4n) is 3.70. The zero-order valence-electron chi connectivity index (χ0n) is 16.0. The minimum Gasteiger partial charge on any atom is -0.479 e. The summed E-state index contributed by atoms with van der Waals surface area (Å²) in [6, 6.07) is 14.8. The van der Waals surface area contributed by atoms with E-state index in [1.807, 2.05) is 53.4 Å². The third-order valence-corrected chi connectivity index (χ3v) is 5.27. The molecule has 2 amide bonds. The molecule has 2 aliphatic heterocycles. The van der Waals surface area contributed by atoms with Crippen LogP contribution in [0.15, 0.2) is 48.5 Å². The molecule has 0 spiro atoms. The first-order valence-corrected chi connectivity index (χ1v) is 9.83. The Balaban J connectivity index is 1.60. The van der Waals surface area contributed by atoms with E-state index in [4.69, 9.17) is 4.74 Å². The number of nitrogens with zero attached hydrogens (tertiary/aromatic N) is 1. The quantitative estimate of drug-likeness (QED) is 0.852. The molecule has 2 heterocycles. The number of hydrogen-bond acceptors (Lipinski definition) is 4. The van der Waals surface area contributed by atoms with E-state index >= 15 is 0 Å². The largest absolute Gasteiger partial charge is 0.479 e. The molecule has 2 aromatic carbocycles. The molecule has 4 rings (SSSR count). The van der Waals surface area contributed by atoms with E-state index < -0.39 is 12.1 Å². The number of carbonyl (C=O) groups is 2. The maximum absolute atomic E-state index is 13.3. The summed E-state index contributed by atoms with van der Waals surface area (Å²) in [4.78, 5) is 27.1. The average Bonchev–Trinajstić information content (AvgIpc) is 2.74. The summed E-state index contributed by atoms with van der Waals surface area (Å²) in [6.07, 6.45) is 2.77. The van der Waals surface area contributed by atoms with Crippen molar-refractivity contribution in [2.75, 3.05) is 23.7 Å². The second kappa shape index (κ2) is 7.92. The Morgan fingerprint density at radius 2 is 1.89 bits per heavy atom. The van der Waals surface area contributed by atoms with Gasteiger partial charge >= 0.3 is 0 Å². The van der Waals surface area contributed by atoms with Crippen molar-refractivity contribution in [3.05, 3.63) is 54.1 Å². The Morgan fingerprint density at radius 1 is 1.14 bits per heavy atom. The second-order valence-electron chi connectivity index (χ2n) is 7.33. The molecule has 6 heteroatoms. The Labute approximate surface area is 164 Å². The van der Waals surface area contributed by atoms with E-state index in [0.29, 0.717) is 11.4 Å². The molecule has 0 aliphatic carbocycles. The highest BCUT2D eigenvalue weighted by Crippen LogP contribution is 2.33. The third kappa shape index (κ3) is 3.81. The van der Waals surface area contributed by atoms with Crippen LogP contribution >= 0.6 is 0 Å². The van der Waals surface area contributed by atoms with Crippen LogP contribution in [-0.2, 0) is 9.59 Å². The van der Waals surface area contributed by atoms with Gasteiger partial charge in [-0.15, -0.1) is 0 Å². The molecular weight excluding hydrogens is 354 g/mol. The van der Waals surface area contributed by atoms with Crippen LogP contribution in [0.2, 0.25) is 0 Å². The van der Waals surface area contributed by atoms with E-state index in [1.54, 1.807) is 6.92 Å². The average molecular weight is 379 g/mol. The van der Waals surface area contributed by atoms with Crippen LogP contribution in [0.25, 0.3) is 0 Å². The van der Waals surface area contributed by atoms with Gasteiger partial charge in [-0.3, -0.25) is 9.59 Å². The number of anilines is 2. The van der Waals surface area contributed by atoms with Gasteiger partial charge in [-0.1, -0.05) is 30.3 Å². The number of hydrogen-bond donors (Lipinski definition) is 2. The zero-order valence-corrected chi connectivity index (χ0v) is 16.0. The number of benzene rings is 2. The summed E-state index contributed by atoms with van der Waals surface area (Å²) >= 11 is 0. The number of fused-ring (bicyclic) bond motifs is 1. The predicted octanol–water partition coefficient (Wildman–Crippen LogP) is 3.57. The lowest BCUT2D eigenvalue weighted by Gasteiger charge is -2.31. The standard InChI is InChI=1S/C22H25N3O3/c1-15-21(26)24-18-14-17(10-11-19(18)28-15)23-20(16-8-4-2-5-9-16)22(27)25-12-6-3-7-13-25/h2,4-5,8-11,14-15,20,23H,3,6-7,12-13H2,1H3,(H,24,26). The summed E-state index contributed by atoms with van der Waals surface area (Å²) in [5.41, 5.74) is 2.30. The molecule has 28 heavy (non-hydrogen) atoms. The van der Waals surface area contributed by atoms with Crippen molar-refractivity contribution >= 4 is 23.2 Å². The van der Waals surface area contributed by atoms with Crippen molar-refractivity contribution < 1.29 is 14.3 Å². The van der Waals surface area contributed by atoms with Crippen molar-refractivity contribution in [2.45, 2.75) is 38.3 Å². The van der Waals surface area contributed by atoms with Crippen LogP contribution < -0.4 is 15.4 Å². The molecule has 2 unspecified atom stereocenters.